The van der Waals surface area contributed by atoms with E-state index in [1.54, 1.807) is 31.8 Å². The third kappa shape index (κ3) is 6.39. The van der Waals surface area contributed by atoms with Crippen LogP contribution in [-0.2, 0) is 13.0 Å². The number of rotatable bonds is 9. The van der Waals surface area contributed by atoms with Crippen molar-refractivity contribution >= 4 is 5.91 Å². The molecule has 0 bridgehead atoms. The van der Waals surface area contributed by atoms with Gasteiger partial charge >= 0.3 is 0 Å². The first-order valence-electron chi connectivity index (χ1n) is 11.9. The number of nitrogens with zero attached hydrogens (tertiary/aromatic N) is 2. The van der Waals surface area contributed by atoms with E-state index < -0.39 is 5.91 Å². The number of hydroxylamine groups is 1. The Morgan fingerprint density at radius 1 is 0.829 bits per heavy atom. The Morgan fingerprint density at radius 3 is 2.20 bits per heavy atom. The number of hydrogen-bond donors (Lipinski definition) is 2. The summed E-state index contributed by atoms with van der Waals surface area (Å²) in [5.74, 6) is 1.04. The largest absolute Gasteiger partial charge is 0.493 e. The fourth-order valence-electron chi connectivity index (χ4n) is 4.46. The van der Waals surface area contributed by atoms with Crippen LogP contribution in [0.1, 0.15) is 21.5 Å². The van der Waals surface area contributed by atoms with Crippen molar-refractivity contribution in [1.29, 1.82) is 0 Å². The minimum absolute atomic E-state index is 0.429. The monoisotopic (exact) mass is 475 g/mol. The predicted molar refractivity (Wildman–Crippen MR) is 136 cm³/mol. The highest BCUT2D eigenvalue weighted by atomic mass is 16.5. The number of carbonyl (C=O) groups excluding carboxylic acids is 1. The van der Waals surface area contributed by atoms with Gasteiger partial charge in [-0.05, 0) is 52.9 Å². The fourth-order valence-corrected chi connectivity index (χ4v) is 4.46. The summed E-state index contributed by atoms with van der Waals surface area (Å²) in [4.78, 5) is 16.7. The lowest BCUT2D eigenvalue weighted by Gasteiger charge is -2.34. The second-order valence-corrected chi connectivity index (χ2v) is 8.78. The molecule has 1 fully saturated rings. The Morgan fingerprint density at radius 2 is 1.51 bits per heavy atom. The minimum atomic E-state index is -0.508. The van der Waals surface area contributed by atoms with Crippen molar-refractivity contribution in [2.24, 2.45) is 0 Å². The highest BCUT2D eigenvalue weighted by Gasteiger charge is 2.17. The molecule has 3 aromatic carbocycles. The van der Waals surface area contributed by atoms with Gasteiger partial charge in [0.05, 0.1) is 14.2 Å². The fraction of sp³-hybridized carbons (Fsp3) is 0.321. The van der Waals surface area contributed by atoms with Gasteiger partial charge < -0.3 is 14.4 Å². The molecule has 4 rings (SSSR count). The van der Waals surface area contributed by atoms with Crippen LogP contribution in [-0.4, -0.2) is 67.9 Å². The summed E-state index contributed by atoms with van der Waals surface area (Å²) in [5.41, 5.74) is 6.63. The normalized spacial score (nSPS) is 14.5. The molecule has 7 nitrogen and oxygen atoms in total. The number of amides is 1. The van der Waals surface area contributed by atoms with Crippen molar-refractivity contribution in [3.05, 3.63) is 83.4 Å². The van der Waals surface area contributed by atoms with E-state index in [1.165, 1.54) is 11.1 Å². The number of methoxy groups -OCH3 is 2. The first kappa shape index (κ1) is 24.7. The number of ether oxygens (including phenoxy) is 2. The molecule has 3 aromatic rings. The average molecular weight is 476 g/mol. The molecule has 1 aliphatic heterocycles. The maximum Gasteiger partial charge on any atom is 0.274 e. The molecule has 1 amide bonds. The van der Waals surface area contributed by atoms with E-state index in [-0.39, 0.29) is 0 Å². The maximum absolute atomic E-state index is 11.7. The summed E-state index contributed by atoms with van der Waals surface area (Å²) in [5, 5.41) is 8.86. The zero-order valence-corrected chi connectivity index (χ0v) is 20.4. The molecule has 1 aliphatic rings. The minimum Gasteiger partial charge on any atom is -0.493 e. The van der Waals surface area contributed by atoms with Gasteiger partial charge in [-0.25, -0.2) is 5.48 Å². The molecule has 0 unspecified atom stereocenters. The van der Waals surface area contributed by atoms with Crippen LogP contribution in [0.5, 0.6) is 11.5 Å². The van der Waals surface area contributed by atoms with E-state index in [1.807, 2.05) is 18.2 Å². The maximum atomic E-state index is 11.7. The standard InChI is InChI=1S/C28H33N3O4/c1-34-26-11-8-21(18-27(26)35-2)12-13-30-14-16-31(17-15-30)20-22-6-9-23(10-7-22)24-4-3-5-25(19-24)28(32)29-33/h3-11,18-19,33H,12-17,20H2,1-2H3,(H,29,32). The molecule has 0 radical (unpaired) electrons. The van der Waals surface area contributed by atoms with Gasteiger partial charge in [-0.15, -0.1) is 0 Å². The molecule has 0 atom stereocenters. The predicted octanol–water partition coefficient (Wildman–Crippen LogP) is 3.85. The van der Waals surface area contributed by atoms with Crippen molar-refractivity contribution in [3.8, 4) is 22.6 Å². The molecular weight excluding hydrogens is 442 g/mol. The topological polar surface area (TPSA) is 74.3 Å². The Hall–Kier alpha value is -3.39. The first-order valence-corrected chi connectivity index (χ1v) is 11.9. The average Bonchev–Trinajstić information content (AvgIpc) is 2.92. The molecule has 2 N–H and O–H groups in total. The first-order chi connectivity index (χ1) is 17.1. The summed E-state index contributed by atoms with van der Waals surface area (Å²) < 4.78 is 10.7. The van der Waals surface area contributed by atoms with Crippen LogP contribution in [0.25, 0.3) is 11.1 Å². The van der Waals surface area contributed by atoms with E-state index in [4.69, 9.17) is 14.7 Å². The van der Waals surface area contributed by atoms with Gasteiger partial charge in [0.2, 0.25) is 0 Å². The highest BCUT2D eigenvalue weighted by Crippen LogP contribution is 2.28. The van der Waals surface area contributed by atoms with E-state index in [9.17, 15) is 4.79 Å². The lowest BCUT2D eigenvalue weighted by molar-refractivity contribution is 0.0706. The van der Waals surface area contributed by atoms with Crippen molar-refractivity contribution in [1.82, 2.24) is 15.3 Å². The molecule has 7 heteroatoms. The molecule has 0 aromatic heterocycles. The van der Waals surface area contributed by atoms with E-state index in [0.717, 1.165) is 68.3 Å². The molecule has 1 heterocycles. The van der Waals surface area contributed by atoms with Crippen LogP contribution >= 0.6 is 0 Å². The second-order valence-electron chi connectivity index (χ2n) is 8.78. The summed E-state index contributed by atoms with van der Waals surface area (Å²) in [6.45, 7) is 6.18. The number of benzene rings is 3. The zero-order chi connectivity index (χ0) is 24.6. The van der Waals surface area contributed by atoms with Crippen LogP contribution in [0.4, 0.5) is 0 Å². The van der Waals surface area contributed by atoms with Gasteiger partial charge in [-0.3, -0.25) is 14.9 Å². The summed E-state index contributed by atoms with van der Waals surface area (Å²) in [6.07, 6.45) is 0.989. The van der Waals surface area contributed by atoms with Crippen LogP contribution in [0.2, 0.25) is 0 Å². The molecule has 0 aliphatic carbocycles. The van der Waals surface area contributed by atoms with E-state index >= 15 is 0 Å². The molecule has 35 heavy (non-hydrogen) atoms. The van der Waals surface area contributed by atoms with Gasteiger partial charge in [-0.2, -0.15) is 0 Å². The number of nitrogens with one attached hydrogen (secondary N) is 1. The van der Waals surface area contributed by atoms with E-state index in [2.05, 4.69) is 46.2 Å². The Labute approximate surface area is 206 Å². The molecule has 184 valence electrons. The lowest BCUT2D eigenvalue weighted by atomic mass is 10.0. The quantitative estimate of drug-likeness (QED) is 0.362. The third-order valence-corrected chi connectivity index (χ3v) is 6.55. The van der Waals surface area contributed by atoms with Crippen LogP contribution < -0.4 is 15.0 Å². The molecule has 0 saturated carbocycles. The van der Waals surface area contributed by atoms with Crippen molar-refractivity contribution in [2.45, 2.75) is 13.0 Å². The second kappa shape index (κ2) is 11.8. The Kier molecular flexibility index (Phi) is 8.36. The SMILES string of the molecule is COc1ccc(CCN2CCN(Cc3ccc(-c4cccc(C(=O)NO)c4)cc3)CC2)cc1OC. The number of hydrogen-bond acceptors (Lipinski definition) is 6. The Balaban J connectivity index is 1.26. The third-order valence-electron chi connectivity index (χ3n) is 6.55. The zero-order valence-electron chi connectivity index (χ0n) is 20.4. The smallest absolute Gasteiger partial charge is 0.274 e. The van der Waals surface area contributed by atoms with E-state index in [0.29, 0.717) is 5.56 Å². The van der Waals surface area contributed by atoms with Gasteiger partial charge in [0.1, 0.15) is 0 Å². The van der Waals surface area contributed by atoms with Crippen LogP contribution in [0, 0.1) is 0 Å². The van der Waals surface area contributed by atoms with Crippen LogP contribution in [0.15, 0.2) is 66.7 Å². The summed E-state index contributed by atoms with van der Waals surface area (Å²) in [7, 11) is 3.33. The molecule has 1 saturated heterocycles. The molecule has 0 spiro atoms. The van der Waals surface area contributed by atoms with Gasteiger partial charge in [0, 0.05) is 44.8 Å². The van der Waals surface area contributed by atoms with Gasteiger partial charge in [-0.1, -0.05) is 42.5 Å². The summed E-state index contributed by atoms with van der Waals surface area (Å²) >= 11 is 0. The molecular formula is C28H33N3O4. The van der Waals surface area contributed by atoms with Crippen molar-refractivity contribution in [3.63, 3.8) is 0 Å². The highest BCUT2D eigenvalue weighted by molar-refractivity contribution is 5.94. The van der Waals surface area contributed by atoms with Gasteiger partial charge in [0.15, 0.2) is 11.5 Å². The van der Waals surface area contributed by atoms with Crippen LogP contribution in [0.3, 0.4) is 0 Å². The number of piperazine rings is 1. The van der Waals surface area contributed by atoms with Gasteiger partial charge in [0.25, 0.3) is 5.91 Å². The lowest BCUT2D eigenvalue weighted by Crippen LogP contribution is -2.46. The Bertz CT molecular complexity index is 1130. The van der Waals surface area contributed by atoms with Crippen molar-refractivity contribution < 1.29 is 19.5 Å². The van der Waals surface area contributed by atoms with Crippen molar-refractivity contribution in [2.75, 3.05) is 46.9 Å². The summed E-state index contributed by atoms with van der Waals surface area (Å²) in [6, 6.07) is 21.9. The number of carbonyl (C=O) groups is 1.